The van der Waals surface area contributed by atoms with Crippen LogP contribution in [0.25, 0.3) is 0 Å². The van der Waals surface area contributed by atoms with E-state index in [0.717, 1.165) is 44.9 Å². The fourth-order valence-corrected chi connectivity index (χ4v) is 4.89. The third-order valence-electron chi connectivity index (χ3n) is 5.89. The quantitative estimate of drug-likeness (QED) is 0.732. The molecule has 6 nitrogen and oxygen atoms in total. The van der Waals surface area contributed by atoms with Gasteiger partial charge in [0.1, 0.15) is 6.04 Å². The van der Waals surface area contributed by atoms with Crippen LogP contribution in [0.3, 0.4) is 0 Å². The first-order valence-corrected chi connectivity index (χ1v) is 11.4. The molecular formula is C21H31N3O3S. The highest BCUT2D eigenvalue weighted by Crippen LogP contribution is 2.29. The summed E-state index contributed by atoms with van der Waals surface area (Å²) in [6, 6.07) is 3.05. The van der Waals surface area contributed by atoms with E-state index in [1.54, 1.807) is 6.07 Å². The maximum Gasteiger partial charge on any atom is 0.262 e. The number of nitrogens with one attached hydrogen (secondary N) is 2. The Morgan fingerprint density at radius 1 is 1.18 bits per heavy atom. The van der Waals surface area contributed by atoms with Crippen molar-refractivity contribution in [2.75, 3.05) is 19.6 Å². The number of piperidine rings is 1. The number of hydrogen-bond donors (Lipinski definition) is 2. The van der Waals surface area contributed by atoms with Crippen LogP contribution < -0.4 is 10.6 Å². The fraction of sp³-hybridized carbons (Fsp3) is 0.667. The average Bonchev–Trinajstić information content (AvgIpc) is 3.44. The van der Waals surface area contributed by atoms with Gasteiger partial charge in [0.2, 0.25) is 11.8 Å². The Hall–Kier alpha value is -1.89. The van der Waals surface area contributed by atoms with Gasteiger partial charge >= 0.3 is 0 Å². The van der Waals surface area contributed by atoms with Crippen LogP contribution in [0, 0.1) is 11.8 Å². The minimum absolute atomic E-state index is 0.0494. The summed E-state index contributed by atoms with van der Waals surface area (Å²) in [5.74, 6) is 0.209. The molecule has 1 aliphatic heterocycles. The van der Waals surface area contributed by atoms with Gasteiger partial charge in [-0.1, -0.05) is 25.8 Å². The maximum absolute atomic E-state index is 12.7. The van der Waals surface area contributed by atoms with Crippen LogP contribution in [0.2, 0.25) is 0 Å². The molecule has 2 heterocycles. The van der Waals surface area contributed by atoms with Crippen LogP contribution in [-0.4, -0.2) is 48.3 Å². The molecule has 1 aromatic heterocycles. The van der Waals surface area contributed by atoms with E-state index in [-0.39, 0.29) is 29.6 Å². The van der Waals surface area contributed by atoms with E-state index in [9.17, 15) is 14.4 Å². The number of amides is 3. The summed E-state index contributed by atoms with van der Waals surface area (Å²) in [5, 5.41) is 7.74. The molecule has 0 spiro atoms. The van der Waals surface area contributed by atoms with Crippen molar-refractivity contribution in [3.8, 4) is 0 Å². The van der Waals surface area contributed by atoms with Crippen molar-refractivity contribution < 1.29 is 14.4 Å². The number of carbonyl (C=O) groups excluding carboxylic acids is 3. The van der Waals surface area contributed by atoms with Crippen molar-refractivity contribution in [3.63, 3.8) is 0 Å². The topological polar surface area (TPSA) is 78.5 Å². The van der Waals surface area contributed by atoms with Gasteiger partial charge in [-0.05, 0) is 49.5 Å². The molecule has 2 aliphatic rings. The van der Waals surface area contributed by atoms with Gasteiger partial charge < -0.3 is 15.5 Å². The third kappa shape index (κ3) is 5.13. The lowest BCUT2D eigenvalue weighted by Crippen LogP contribution is -2.54. The van der Waals surface area contributed by atoms with Crippen molar-refractivity contribution in [2.45, 2.75) is 57.9 Å². The van der Waals surface area contributed by atoms with E-state index in [1.165, 1.54) is 11.3 Å². The zero-order chi connectivity index (χ0) is 19.9. The van der Waals surface area contributed by atoms with Crippen molar-refractivity contribution in [1.82, 2.24) is 15.5 Å². The molecule has 154 valence electrons. The Morgan fingerprint density at radius 3 is 2.50 bits per heavy atom. The van der Waals surface area contributed by atoms with Crippen molar-refractivity contribution in [1.29, 1.82) is 0 Å². The Labute approximate surface area is 171 Å². The molecule has 1 aromatic rings. The molecular weight excluding hydrogens is 374 g/mol. The van der Waals surface area contributed by atoms with Crippen LogP contribution in [0.4, 0.5) is 0 Å². The zero-order valence-corrected chi connectivity index (χ0v) is 17.4. The number of carbonyl (C=O) groups is 3. The second kappa shape index (κ2) is 10.0. The normalized spacial score (nSPS) is 19.4. The van der Waals surface area contributed by atoms with Gasteiger partial charge in [-0.25, -0.2) is 0 Å². The van der Waals surface area contributed by atoms with E-state index < -0.39 is 6.04 Å². The molecule has 0 aromatic carbocycles. The van der Waals surface area contributed by atoms with Crippen molar-refractivity contribution in [2.24, 2.45) is 11.8 Å². The first kappa shape index (κ1) is 20.8. The Bertz CT molecular complexity index is 662. The smallest absolute Gasteiger partial charge is 0.262 e. The highest BCUT2D eigenvalue weighted by Gasteiger charge is 2.35. The summed E-state index contributed by atoms with van der Waals surface area (Å²) in [4.78, 5) is 40.5. The lowest BCUT2D eigenvalue weighted by molar-refractivity contribution is -0.137. The van der Waals surface area contributed by atoms with Crippen LogP contribution in [0.15, 0.2) is 17.5 Å². The van der Waals surface area contributed by atoms with Crippen LogP contribution in [-0.2, 0) is 9.59 Å². The van der Waals surface area contributed by atoms with E-state index >= 15 is 0 Å². The monoisotopic (exact) mass is 405 g/mol. The number of nitrogens with zero attached hydrogens (tertiary/aromatic N) is 1. The minimum atomic E-state index is -0.551. The molecule has 1 saturated carbocycles. The molecule has 7 heteroatoms. The van der Waals surface area contributed by atoms with Gasteiger partial charge in [0.15, 0.2) is 0 Å². The van der Waals surface area contributed by atoms with E-state index in [4.69, 9.17) is 0 Å². The SMILES string of the molecule is CCCNC(=O)[C@@H](NC(=O)c1cccs1)C1CCN(C(=O)C2CCCC2)CC1. The van der Waals surface area contributed by atoms with Gasteiger partial charge in [0.05, 0.1) is 4.88 Å². The van der Waals surface area contributed by atoms with E-state index in [2.05, 4.69) is 10.6 Å². The molecule has 1 atom stereocenters. The summed E-state index contributed by atoms with van der Waals surface area (Å²) >= 11 is 1.37. The predicted molar refractivity (Wildman–Crippen MR) is 110 cm³/mol. The average molecular weight is 406 g/mol. The summed E-state index contributed by atoms with van der Waals surface area (Å²) in [5.41, 5.74) is 0. The van der Waals surface area contributed by atoms with Gasteiger partial charge in [0.25, 0.3) is 5.91 Å². The summed E-state index contributed by atoms with van der Waals surface area (Å²) < 4.78 is 0. The molecule has 3 amide bonds. The second-order valence-corrected chi connectivity index (χ2v) is 8.81. The zero-order valence-electron chi connectivity index (χ0n) is 16.6. The highest BCUT2D eigenvalue weighted by molar-refractivity contribution is 7.12. The lowest BCUT2D eigenvalue weighted by atomic mass is 9.88. The number of thiophene rings is 1. The molecule has 28 heavy (non-hydrogen) atoms. The van der Waals surface area contributed by atoms with Crippen molar-refractivity contribution >= 4 is 29.1 Å². The summed E-state index contributed by atoms with van der Waals surface area (Å²) in [6.07, 6.45) is 6.67. The third-order valence-corrected chi connectivity index (χ3v) is 6.76. The number of hydrogen-bond acceptors (Lipinski definition) is 4. The van der Waals surface area contributed by atoms with Gasteiger partial charge in [-0.15, -0.1) is 11.3 Å². The lowest BCUT2D eigenvalue weighted by Gasteiger charge is -2.36. The molecule has 0 unspecified atom stereocenters. The molecule has 1 aliphatic carbocycles. The van der Waals surface area contributed by atoms with Crippen LogP contribution in [0.5, 0.6) is 0 Å². The van der Waals surface area contributed by atoms with Gasteiger partial charge in [-0.2, -0.15) is 0 Å². The van der Waals surface area contributed by atoms with Crippen LogP contribution in [0.1, 0.15) is 61.5 Å². The maximum atomic E-state index is 12.7. The number of rotatable bonds is 7. The standard InChI is InChI=1S/C21H31N3O3S/c1-2-11-22-20(26)18(23-19(25)17-8-5-14-28-17)15-9-12-24(13-10-15)21(27)16-6-3-4-7-16/h5,8,14-16,18H,2-4,6-7,9-13H2,1H3,(H,22,26)(H,23,25)/t18-/m0/s1. The van der Waals surface area contributed by atoms with Gasteiger partial charge in [0, 0.05) is 25.6 Å². The first-order valence-electron chi connectivity index (χ1n) is 10.5. The Morgan fingerprint density at radius 2 is 1.89 bits per heavy atom. The molecule has 2 N–H and O–H groups in total. The second-order valence-electron chi connectivity index (χ2n) is 7.86. The first-order chi connectivity index (χ1) is 13.6. The number of likely N-dealkylation sites (tertiary alicyclic amines) is 1. The molecule has 1 saturated heterocycles. The Kier molecular flexibility index (Phi) is 7.48. The van der Waals surface area contributed by atoms with E-state index in [0.29, 0.717) is 24.5 Å². The molecule has 3 rings (SSSR count). The minimum Gasteiger partial charge on any atom is -0.354 e. The largest absolute Gasteiger partial charge is 0.354 e. The van der Waals surface area contributed by atoms with Crippen molar-refractivity contribution in [3.05, 3.63) is 22.4 Å². The fourth-order valence-electron chi connectivity index (χ4n) is 4.26. The van der Waals surface area contributed by atoms with Crippen LogP contribution >= 0.6 is 11.3 Å². The van der Waals surface area contributed by atoms with Gasteiger partial charge in [-0.3, -0.25) is 14.4 Å². The molecule has 0 bridgehead atoms. The Balaban J connectivity index is 1.60. The summed E-state index contributed by atoms with van der Waals surface area (Å²) in [7, 11) is 0. The predicted octanol–water partition coefficient (Wildman–Crippen LogP) is 2.80. The summed E-state index contributed by atoms with van der Waals surface area (Å²) in [6.45, 7) is 3.95. The molecule has 0 radical (unpaired) electrons. The van der Waals surface area contributed by atoms with E-state index in [1.807, 2.05) is 23.3 Å². The molecule has 2 fully saturated rings. The highest BCUT2D eigenvalue weighted by atomic mass is 32.1.